The molecule has 0 nitrogen and oxygen atoms in total. The topological polar surface area (TPSA) is 0 Å². The van der Waals surface area contributed by atoms with Gasteiger partial charge in [0.15, 0.2) is 0 Å². The Labute approximate surface area is 132 Å². The quantitative estimate of drug-likeness (QED) is 0.527. The van der Waals surface area contributed by atoms with E-state index in [1.54, 1.807) is 0 Å². The predicted molar refractivity (Wildman–Crippen MR) is 93.0 cm³/mol. The fraction of sp³-hybridized carbons (Fsp3) is 0.810. The lowest BCUT2D eigenvalue weighted by Gasteiger charge is -2.25. The molecule has 0 aromatic rings. The summed E-state index contributed by atoms with van der Waals surface area (Å²) < 4.78 is 0. The first-order chi connectivity index (χ1) is 10.3. The van der Waals surface area contributed by atoms with Crippen molar-refractivity contribution in [1.82, 2.24) is 0 Å². The molecular formula is C21H34. The summed E-state index contributed by atoms with van der Waals surface area (Å²) >= 11 is 0. The average molecular weight is 287 g/mol. The maximum atomic E-state index is 3.51. The number of rotatable bonds is 4. The van der Waals surface area contributed by atoms with E-state index in [-0.39, 0.29) is 0 Å². The Morgan fingerprint density at radius 1 is 0.857 bits per heavy atom. The summed E-state index contributed by atoms with van der Waals surface area (Å²) in [5.74, 6) is 10.3. The maximum absolute atomic E-state index is 3.51. The van der Waals surface area contributed by atoms with Gasteiger partial charge >= 0.3 is 0 Å². The van der Waals surface area contributed by atoms with Gasteiger partial charge in [-0.3, -0.25) is 0 Å². The fourth-order valence-corrected chi connectivity index (χ4v) is 4.14. The van der Waals surface area contributed by atoms with Gasteiger partial charge in [0, 0.05) is 5.92 Å². The third kappa shape index (κ3) is 5.90. The summed E-state index contributed by atoms with van der Waals surface area (Å²) in [6.07, 6.45) is 19.9. The molecule has 21 heavy (non-hydrogen) atoms. The van der Waals surface area contributed by atoms with E-state index in [0.29, 0.717) is 5.92 Å². The zero-order valence-corrected chi connectivity index (χ0v) is 14.2. The van der Waals surface area contributed by atoms with Crippen LogP contribution in [0.4, 0.5) is 0 Å². The Hall–Kier alpha value is -0.700. The Balaban J connectivity index is 1.66. The van der Waals surface area contributed by atoms with E-state index < -0.39 is 0 Å². The average Bonchev–Trinajstić information content (AvgIpc) is 2.54. The second-order valence-corrected chi connectivity index (χ2v) is 7.34. The molecule has 2 aliphatic carbocycles. The molecule has 0 aliphatic heterocycles. The van der Waals surface area contributed by atoms with E-state index in [1.165, 1.54) is 70.6 Å². The molecule has 0 heteroatoms. The third-order valence-electron chi connectivity index (χ3n) is 5.75. The smallest absolute Gasteiger partial charge is 0.0206 e. The highest BCUT2D eigenvalue weighted by atomic mass is 14.2. The first kappa shape index (κ1) is 16.7. The van der Waals surface area contributed by atoms with Crippen LogP contribution >= 0.6 is 0 Å². The molecule has 2 saturated carbocycles. The van der Waals surface area contributed by atoms with Gasteiger partial charge in [-0.25, -0.2) is 0 Å². The summed E-state index contributed by atoms with van der Waals surface area (Å²) in [7, 11) is 0. The molecule has 2 fully saturated rings. The van der Waals surface area contributed by atoms with Gasteiger partial charge < -0.3 is 0 Å². The van der Waals surface area contributed by atoms with Crippen molar-refractivity contribution in [3.63, 3.8) is 0 Å². The molecular weight excluding hydrogens is 252 g/mol. The summed E-state index contributed by atoms with van der Waals surface area (Å²) in [4.78, 5) is 0. The second kappa shape index (κ2) is 9.34. The van der Waals surface area contributed by atoms with E-state index in [1.807, 2.05) is 0 Å². The Bertz CT molecular complexity index is 351. The fourth-order valence-electron chi connectivity index (χ4n) is 4.14. The maximum Gasteiger partial charge on any atom is 0.0206 e. The van der Waals surface area contributed by atoms with Crippen molar-refractivity contribution in [2.45, 2.75) is 84.5 Å². The van der Waals surface area contributed by atoms with Gasteiger partial charge in [0.1, 0.15) is 0 Å². The minimum Gasteiger partial charge on any atom is -0.0951 e. The molecule has 2 rings (SSSR count). The highest BCUT2D eigenvalue weighted by Crippen LogP contribution is 2.32. The van der Waals surface area contributed by atoms with Crippen LogP contribution in [0, 0.1) is 35.5 Å². The molecule has 0 unspecified atom stereocenters. The molecule has 0 heterocycles. The first-order valence-corrected chi connectivity index (χ1v) is 9.49. The van der Waals surface area contributed by atoms with Gasteiger partial charge in [-0.05, 0) is 75.2 Å². The van der Waals surface area contributed by atoms with Gasteiger partial charge in [0.05, 0.1) is 0 Å². The lowest BCUT2D eigenvalue weighted by molar-refractivity contribution is 0.299. The van der Waals surface area contributed by atoms with Crippen molar-refractivity contribution in [2.75, 3.05) is 0 Å². The third-order valence-corrected chi connectivity index (χ3v) is 5.75. The summed E-state index contributed by atoms with van der Waals surface area (Å²) in [5, 5.41) is 0. The Morgan fingerprint density at radius 2 is 1.52 bits per heavy atom. The zero-order valence-electron chi connectivity index (χ0n) is 14.2. The van der Waals surface area contributed by atoms with E-state index >= 15 is 0 Å². The molecule has 0 aromatic carbocycles. The Morgan fingerprint density at radius 3 is 2.14 bits per heavy atom. The molecule has 0 N–H and O–H groups in total. The van der Waals surface area contributed by atoms with Crippen molar-refractivity contribution in [3.05, 3.63) is 12.2 Å². The molecule has 0 amide bonds. The van der Waals surface area contributed by atoms with Crippen LogP contribution in [0.15, 0.2) is 12.2 Å². The van der Waals surface area contributed by atoms with Gasteiger partial charge in [-0.1, -0.05) is 51.0 Å². The molecule has 118 valence electrons. The highest BCUT2D eigenvalue weighted by Gasteiger charge is 2.19. The van der Waals surface area contributed by atoms with Crippen molar-refractivity contribution < 1.29 is 0 Å². The van der Waals surface area contributed by atoms with E-state index in [4.69, 9.17) is 0 Å². The largest absolute Gasteiger partial charge is 0.0951 e. The zero-order chi connectivity index (χ0) is 14.9. The molecule has 0 spiro atoms. The first-order valence-electron chi connectivity index (χ1n) is 9.49. The highest BCUT2D eigenvalue weighted by molar-refractivity contribution is 5.18. The van der Waals surface area contributed by atoms with Crippen molar-refractivity contribution in [3.8, 4) is 11.8 Å². The number of allylic oxidation sites excluding steroid dienone is 2. The summed E-state index contributed by atoms with van der Waals surface area (Å²) in [6, 6.07) is 0. The van der Waals surface area contributed by atoms with Gasteiger partial charge in [-0.15, -0.1) is 0 Å². The van der Waals surface area contributed by atoms with Gasteiger partial charge in [0.25, 0.3) is 0 Å². The molecule has 0 atom stereocenters. The van der Waals surface area contributed by atoms with Gasteiger partial charge in [-0.2, -0.15) is 0 Å². The van der Waals surface area contributed by atoms with Crippen LogP contribution in [0.5, 0.6) is 0 Å². The number of hydrogen-bond donors (Lipinski definition) is 0. The molecule has 2 aliphatic rings. The van der Waals surface area contributed by atoms with Crippen molar-refractivity contribution >= 4 is 0 Å². The minimum atomic E-state index is 0.679. The van der Waals surface area contributed by atoms with Crippen LogP contribution in [-0.2, 0) is 0 Å². The predicted octanol–water partition coefficient (Wildman–Crippen LogP) is 6.37. The van der Waals surface area contributed by atoms with E-state index in [9.17, 15) is 0 Å². The van der Waals surface area contributed by atoms with Crippen LogP contribution in [0.3, 0.4) is 0 Å². The molecule has 0 bridgehead atoms. The van der Waals surface area contributed by atoms with Crippen LogP contribution in [0.2, 0.25) is 0 Å². The summed E-state index contributed by atoms with van der Waals surface area (Å²) in [6.45, 7) is 4.65. The molecule has 0 radical (unpaired) electrons. The lowest BCUT2D eigenvalue weighted by Crippen LogP contribution is -2.13. The van der Waals surface area contributed by atoms with Crippen LogP contribution in [-0.4, -0.2) is 0 Å². The second-order valence-electron chi connectivity index (χ2n) is 7.34. The summed E-state index contributed by atoms with van der Waals surface area (Å²) in [5.41, 5.74) is 0. The van der Waals surface area contributed by atoms with Crippen LogP contribution < -0.4 is 0 Å². The van der Waals surface area contributed by atoms with Crippen molar-refractivity contribution in [2.24, 2.45) is 23.7 Å². The van der Waals surface area contributed by atoms with Crippen molar-refractivity contribution in [1.29, 1.82) is 0 Å². The SMILES string of the molecule is CCCC1CCC(C#CC=CC2CCC(CC)CC2)CC1. The molecule has 0 saturated heterocycles. The Kier molecular flexibility index (Phi) is 7.42. The molecule has 0 aromatic heterocycles. The van der Waals surface area contributed by atoms with Crippen LogP contribution in [0.1, 0.15) is 84.5 Å². The lowest BCUT2D eigenvalue weighted by atomic mass is 9.80. The normalized spacial score (nSPS) is 33.6. The monoisotopic (exact) mass is 286 g/mol. The van der Waals surface area contributed by atoms with E-state index in [2.05, 4.69) is 37.8 Å². The van der Waals surface area contributed by atoms with E-state index in [0.717, 1.165) is 17.8 Å². The standard InChI is InChI=1S/C21H34/c1-3-7-19-14-16-21(17-15-19)9-6-5-8-20-12-10-18(4-2)11-13-20/h5,8,18-21H,3-4,7,10-17H2,1-2H3. The van der Waals surface area contributed by atoms with Crippen LogP contribution in [0.25, 0.3) is 0 Å². The number of hydrogen-bond acceptors (Lipinski definition) is 0. The van der Waals surface area contributed by atoms with Gasteiger partial charge in [0.2, 0.25) is 0 Å². The minimum absolute atomic E-state index is 0.679.